The lowest BCUT2D eigenvalue weighted by Crippen LogP contribution is -2.28. The first-order valence-corrected chi connectivity index (χ1v) is 10.5. The zero-order valence-corrected chi connectivity index (χ0v) is 17.5. The van der Waals surface area contributed by atoms with E-state index in [1.54, 1.807) is 0 Å². The molecule has 0 fully saturated rings. The quantitative estimate of drug-likeness (QED) is 0.409. The van der Waals surface area contributed by atoms with Crippen molar-refractivity contribution in [1.29, 1.82) is 0 Å². The monoisotopic (exact) mass is 394 g/mol. The minimum atomic E-state index is 0.0317. The van der Waals surface area contributed by atoms with E-state index in [4.69, 9.17) is 4.98 Å². The normalized spacial score (nSPS) is 10.9. The maximum Gasteiger partial charge on any atom is 0.261 e. The van der Waals surface area contributed by atoms with Crippen molar-refractivity contribution in [1.82, 2.24) is 9.55 Å². The van der Waals surface area contributed by atoms with E-state index >= 15 is 0 Å². The molecule has 0 saturated carbocycles. The molecule has 0 radical (unpaired) electrons. The van der Waals surface area contributed by atoms with Gasteiger partial charge < -0.3 is 0 Å². The summed E-state index contributed by atoms with van der Waals surface area (Å²) < 4.78 is 1.84. The van der Waals surface area contributed by atoms with Gasteiger partial charge in [-0.1, -0.05) is 91.9 Å². The first-order valence-electron chi connectivity index (χ1n) is 10.5. The highest BCUT2D eigenvalue weighted by Crippen LogP contribution is 2.21. The molecule has 0 saturated heterocycles. The molecular formula is C27H26N2O. The molecule has 1 aromatic heterocycles. The molecule has 3 aromatic carbocycles. The summed E-state index contributed by atoms with van der Waals surface area (Å²) in [5.74, 6) is 0.854. The molecule has 4 aromatic rings. The third kappa shape index (κ3) is 4.11. The van der Waals surface area contributed by atoms with Crippen molar-refractivity contribution < 1.29 is 0 Å². The van der Waals surface area contributed by atoms with Gasteiger partial charge in [0.1, 0.15) is 5.82 Å². The van der Waals surface area contributed by atoms with E-state index in [-0.39, 0.29) is 5.56 Å². The number of rotatable bonds is 6. The average Bonchev–Trinajstić information content (AvgIpc) is 2.78. The van der Waals surface area contributed by atoms with Gasteiger partial charge in [-0.15, -0.1) is 0 Å². The van der Waals surface area contributed by atoms with Crippen LogP contribution in [0.15, 0.2) is 89.7 Å². The van der Waals surface area contributed by atoms with Gasteiger partial charge in [0.2, 0.25) is 0 Å². The summed E-state index contributed by atoms with van der Waals surface area (Å²) in [4.78, 5) is 18.3. The van der Waals surface area contributed by atoms with E-state index in [9.17, 15) is 4.79 Å². The van der Waals surface area contributed by atoms with Gasteiger partial charge in [-0.25, -0.2) is 4.98 Å². The second kappa shape index (κ2) is 8.91. The Kier molecular flexibility index (Phi) is 5.89. The van der Waals surface area contributed by atoms with Crippen molar-refractivity contribution in [2.45, 2.75) is 33.2 Å². The Balaban J connectivity index is 1.73. The van der Waals surface area contributed by atoms with Crippen LogP contribution in [0, 0.1) is 6.92 Å². The molecule has 0 bridgehead atoms. The molecule has 0 unspecified atom stereocenters. The number of aryl methyl sites for hydroxylation is 2. The van der Waals surface area contributed by atoms with Crippen molar-refractivity contribution in [3.8, 4) is 22.3 Å². The van der Waals surface area contributed by atoms with Crippen molar-refractivity contribution in [2.75, 3.05) is 0 Å². The Labute approximate surface area is 177 Å². The molecule has 0 N–H and O–H groups in total. The van der Waals surface area contributed by atoms with Crippen LogP contribution in [0.1, 0.15) is 30.4 Å². The molecule has 4 rings (SSSR count). The van der Waals surface area contributed by atoms with E-state index in [2.05, 4.69) is 43.3 Å². The Morgan fingerprint density at radius 1 is 0.767 bits per heavy atom. The fraction of sp³-hybridized carbons (Fsp3) is 0.185. The molecule has 150 valence electrons. The fourth-order valence-corrected chi connectivity index (χ4v) is 3.85. The molecule has 0 atom stereocenters. The second-order valence-corrected chi connectivity index (χ2v) is 7.56. The van der Waals surface area contributed by atoms with Crippen LogP contribution in [0.3, 0.4) is 0 Å². The summed E-state index contributed by atoms with van der Waals surface area (Å²) in [6.45, 7) is 4.57. The van der Waals surface area contributed by atoms with Gasteiger partial charge in [-0.2, -0.15) is 0 Å². The Bertz CT molecular complexity index is 1180. The van der Waals surface area contributed by atoms with Crippen LogP contribution < -0.4 is 5.56 Å². The van der Waals surface area contributed by atoms with E-state index < -0.39 is 0 Å². The van der Waals surface area contributed by atoms with Gasteiger partial charge in [-0.05, 0) is 35.6 Å². The first-order chi connectivity index (χ1) is 14.7. The molecule has 1 heterocycles. The summed E-state index contributed by atoms with van der Waals surface area (Å²) >= 11 is 0. The summed E-state index contributed by atoms with van der Waals surface area (Å²) in [6.07, 6.45) is 1.73. The van der Waals surface area contributed by atoms with E-state index in [1.807, 2.05) is 60.0 Å². The van der Waals surface area contributed by atoms with Gasteiger partial charge in [0, 0.05) is 6.42 Å². The lowest BCUT2D eigenvalue weighted by molar-refractivity contribution is 0.651. The summed E-state index contributed by atoms with van der Waals surface area (Å²) in [5, 5.41) is 0. The minimum absolute atomic E-state index is 0.0317. The van der Waals surface area contributed by atoms with E-state index in [0.29, 0.717) is 12.1 Å². The minimum Gasteiger partial charge on any atom is -0.292 e. The van der Waals surface area contributed by atoms with Gasteiger partial charge in [0.15, 0.2) is 0 Å². The largest absolute Gasteiger partial charge is 0.292 e. The molecule has 0 aliphatic heterocycles. The molecular weight excluding hydrogens is 368 g/mol. The van der Waals surface area contributed by atoms with E-state index in [1.165, 1.54) is 11.1 Å². The molecule has 30 heavy (non-hydrogen) atoms. The molecule has 0 aliphatic carbocycles. The number of aromatic nitrogens is 2. The predicted molar refractivity (Wildman–Crippen MR) is 124 cm³/mol. The van der Waals surface area contributed by atoms with Crippen LogP contribution in [0.4, 0.5) is 0 Å². The Morgan fingerprint density at radius 3 is 1.93 bits per heavy atom. The number of benzene rings is 3. The number of nitrogens with zero attached hydrogens (tertiary/aromatic N) is 2. The topological polar surface area (TPSA) is 34.9 Å². The third-order valence-corrected chi connectivity index (χ3v) is 5.37. The van der Waals surface area contributed by atoms with E-state index in [0.717, 1.165) is 35.5 Å². The van der Waals surface area contributed by atoms with Crippen LogP contribution in [0.2, 0.25) is 0 Å². The second-order valence-electron chi connectivity index (χ2n) is 7.56. The number of hydrogen-bond donors (Lipinski definition) is 0. The number of hydrogen-bond acceptors (Lipinski definition) is 2. The van der Waals surface area contributed by atoms with Crippen LogP contribution in [0.25, 0.3) is 22.3 Å². The van der Waals surface area contributed by atoms with Crippen LogP contribution >= 0.6 is 0 Å². The summed E-state index contributed by atoms with van der Waals surface area (Å²) in [6, 6.07) is 28.6. The van der Waals surface area contributed by atoms with Crippen molar-refractivity contribution in [2.24, 2.45) is 0 Å². The lowest BCUT2D eigenvalue weighted by atomic mass is 10.0. The maximum absolute atomic E-state index is 13.5. The standard InChI is InChI=1S/C27H26N2O/c1-3-10-25-28-20(2)26(24-13-8-5-9-14-24)27(30)29(25)19-21-15-17-23(18-16-21)22-11-6-4-7-12-22/h4-9,11-18H,3,10,19H2,1-2H3. The molecule has 3 nitrogen and oxygen atoms in total. The highest BCUT2D eigenvalue weighted by Gasteiger charge is 2.15. The Morgan fingerprint density at radius 2 is 1.33 bits per heavy atom. The summed E-state index contributed by atoms with van der Waals surface area (Å²) in [5.41, 5.74) is 5.90. The van der Waals surface area contributed by atoms with Crippen molar-refractivity contribution in [3.63, 3.8) is 0 Å². The smallest absolute Gasteiger partial charge is 0.261 e. The Hall–Kier alpha value is -3.46. The maximum atomic E-state index is 13.5. The van der Waals surface area contributed by atoms with Crippen LogP contribution in [-0.4, -0.2) is 9.55 Å². The highest BCUT2D eigenvalue weighted by atomic mass is 16.1. The van der Waals surface area contributed by atoms with Gasteiger partial charge in [0.05, 0.1) is 17.8 Å². The van der Waals surface area contributed by atoms with Gasteiger partial charge in [-0.3, -0.25) is 9.36 Å². The first kappa shape index (κ1) is 19.8. The summed E-state index contributed by atoms with van der Waals surface area (Å²) in [7, 11) is 0. The van der Waals surface area contributed by atoms with Crippen molar-refractivity contribution >= 4 is 0 Å². The zero-order chi connectivity index (χ0) is 20.9. The molecule has 0 spiro atoms. The van der Waals surface area contributed by atoms with Crippen LogP contribution in [-0.2, 0) is 13.0 Å². The zero-order valence-electron chi connectivity index (χ0n) is 17.5. The fourth-order valence-electron chi connectivity index (χ4n) is 3.85. The molecule has 0 amide bonds. The third-order valence-electron chi connectivity index (χ3n) is 5.37. The van der Waals surface area contributed by atoms with Crippen molar-refractivity contribution in [3.05, 3.63) is 112 Å². The van der Waals surface area contributed by atoms with Crippen LogP contribution in [0.5, 0.6) is 0 Å². The average molecular weight is 395 g/mol. The molecule has 0 aliphatic rings. The SMILES string of the molecule is CCCc1nc(C)c(-c2ccccc2)c(=O)n1Cc1ccc(-c2ccccc2)cc1. The lowest BCUT2D eigenvalue weighted by Gasteiger charge is -2.16. The predicted octanol–water partition coefficient (Wildman–Crippen LogP) is 5.89. The molecule has 3 heteroatoms. The van der Waals surface area contributed by atoms with Gasteiger partial charge in [0.25, 0.3) is 5.56 Å². The van der Waals surface area contributed by atoms with Gasteiger partial charge >= 0.3 is 0 Å². The highest BCUT2D eigenvalue weighted by molar-refractivity contribution is 5.65.